The molecule has 0 saturated heterocycles. The largest absolute Gasteiger partial charge is 0.409 e. The van der Waals surface area contributed by atoms with Gasteiger partial charge < -0.3 is 15.8 Å². The molecule has 1 aromatic carbocycles. The van der Waals surface area contributed by atoms with E-state index in [1.165, 1.54) is 11.1 Å². The first-order valence-corrected chi connectivity index (χ1v) is 7.37. The van der Waals surface area contributed by atoms with Gasteiger partial charge in [0, 0.05) is 13.1 Å². The van der Waals surface area contributed by atoms with E-state index in [9.17, 15) is 4.79 Å². The molecule has 5 heteroatoms. The number of hydrogen-bond acceptors (Lipinski definition) is 3. The summed E-state index contributed by atoms with van der Waals surface area (Å²) in [5.41, 5.74) is 8.31. The summed E-state index contributed by atoms with van der Waals surface area (Å²) in [6, 6.07) is 8.30. The number of benzene rings is 1. The maximum Gasteiger partial charge on any atom is 0.233 e. The summed E-state index contributed by atoms with van der Waals surface area (Å²) in [5, 5.41) is 11.9. The van der Waals surface area contributed by atoms with Crippen molar-refractivity contribution in [2.75, 3.05) is 13.1 Å². The zero-order valence-electron chi connectivity index (χ0n) is 12.6. The van der Waals surface area contributed by atoms with Crippen molar-refractivity contribution in [3.63, 3.8) is 0 Å². The summed E-state index contributed by atoms with van der Waals surface area (Å²) in [7, 11) is 0. The van der Waals surface area contributed by atoms with Gasteiger partial charge in [0.15, 0.2) is 5.84 Å². The molecule has 1 aliphatic heterocycles. The first kappa shape index (κ1) is 15.4. The number of nitrogens with two attached hydrogens (primary N) is 1. The Morgan fingerprint density at radius 3 is 2.19 bits per heavy atom. The summed E-state index contributed by atoms with van der Waals surface area (Å²) >= 11 is 0. The normalized spacial score (nSPS) is 17.3. The number of carbonyl (C=O) groups excluding carboxylic acids is 1. The summed E-state index contributed by atoms with van der Waals surface area (Å²) in [4.78, 5) is 14.5. The molecule has 1 heterocycles. The quantitative estimate of drug-likeness (QED) is 0.384. The highest BCUT2D eigenvalue weighted by molar-refractivity contribution is 6.02. The molecule has 0 aromatic heterocycles. The van der Waals surface area contributed by atoms with Crippen LogP contribution in [0, 0.1) is 11.8 Å². The predicted octanol–water partition coefficient (Wildman–Crippen LogP) is 1.63. The van der Waals surface area contributed by atoms with E-state index in [0.717, 1.165) is 12.8 Å². The molecule has 1 aliphatic rings. The Bertz CT molecular complexity index is 513. The van der Waals surface area contributed by atoms with Gasteiger partial charge in [-0.2, -0.15) is 0 Å². The summed E-state index contributed by atoms with van der Waals surface area (Å²) in [5.74, 6) is -0.611. The predicted molar refractivity (Wildman–Crippen MR) is 82.2 cm³/mol. The topological polar surface area (TPSA) is 78.9 Å². The number of carbonyl (C=O) groups is 1. The fraction of sp³-hybridized carbons (Fsp3) is 0.500. The van der Waals surface area contributed by atoms with Crippen LogP contribution in [0.5, 0.6) is 0 Å². The summed E-state index contributed by atoms with van der Waals surface area (Å²) < 4.78 is 0. The Hall–Kier alpha value is -2.04. The first-order chi connectivity index (χ1) is 10.0. The van der Waals surface area contributed by atoms with Crippen LogP contribution in [0.15, 0.2) is 29.4 Å². The van der Waals surface area contributed by atoms with Crippen LogP contribution in [0.1, 0.15) is 25.0 Å². The fourth-order valence-corrected chi connectivity index (χ4v) is 2.90. The minimum absolute atomic E-state index is 0.000900. The number of amides is 1. The molecule has 3 N–H and O–H groups in total. The fourth-order valence-electron chi connectivity index (χ4n) is 2.90. The lowest BCUT2D eigenvalue weighted by Crippen LogP contribution is -2.45. The number of fused-ring (bicyclic) bond motifs is 1. The molecular formula is C16H23N3O2. The smallest absolute Gasteiger partial charge is 0.233 e. The van der Waals surface area contributed by atoms with Crippen LogP contribution in [0.2, 0.25) is 0 Å². The van der Waals surface area contributed by atoms with Gasteiger partial charge in [0.1, 0.15) is 5.92 Å². The van der Waals surface area contributed by atoms with E-state index in [2.05, 4.69) is 17.3 Å². The molecule has 21 heavy (non-hydrogen) atoms. The Labute approximate surface area is 125 Å². The molecule has 0 saturated carbocycles. The molecule has 1 aromatic rings. The minimum atomic E-state index is -0.559. The van der Waals surface area contributed by atoms with Gasteiger partial charge in [-0.05, 0) is 29.9 Å². The van der Waals surface area contributed by atoms with Crippen molar-refractivity contribution in [3.8, 4) is 0 Å². The molecule has 0 bridgehead atoms. The lowest BCUT2D eigenvalue weighted by molar-refractivity contribution is -0.134. The second-order valence-corrected chi connectivity index (χ2v) is 5.84. The van der Waals surface area contributed by atoms with Crippen molar-refractivity contribution in [2.24, 2.45) is 22.7 Å². The average molecular weight is 289 g/mol. The van der Waals surface area contributed by atoms with Crippen molar-refractivity contribution < 1.29 is 10.0 Å². The van der Waals surface area contributed by atoms with Crippen molar-refractivity contribution >= 4 is 11.7 Å². The Morgan fingerprint density at radius 1 is 1.24 bits per heavy atom. The molecule has 0 spiro atoms. The average Bonchev–Trinajstić information content (AvgIpc) is 2.69. The number of nitrogens with zero attached hydrogens (tertiary/aromatic N) is 2. The van der Waals surface area contributed by atoms with Crippen LogP contribution in [-0.2, 0) is 17.6 Å². The molecule has 114 valence electrons. The molecule has 5 nitrogen and oxygen atoms in total. The highest BCUT2D eigenvalue weighted by Gasteiger charge is 2.31. The van der Waals surface area contributed by atoms with Crippen molar-refractivity contribution in [1.29, 1.82) is 0 Å². The van der Waals surface area contributed by atoms with Crippen LogP contribution in [0.4, 0.5) is 0 Å². The monoisotopic (exact) mass is 289 g/mol. The van der Waals surface area contributed by atoms with E-state index in [-0.39, 0.29) is 17.7 Å². The van der Waals surface area contributed by atoms with Crippen LogP contribution >= 0.6 is 0 Å². The third-order valence-electron chi connectivity index (χ3n) is 4.10. The minimum Gasteiger partial charge on any atom is -0.409 e. The highest BCUT2D eigenvalue weighted by Crippen LogP contribution is 2.20. The van der Waals surface area contributed by atoms with Crippen LogP contribution in [0.25, 0.3) is 0 Å². The summed E-state index contributed by atoms with van der Waals surface area (Å²) in [6.07, 6.45) is 1.70. The van der Waals surface area contributed by atoms with Gasteiger partial charge in [-0.3, -0.25) is 4.79 Å². The van der Waals surface area contributed by atoms with Crippen LogP contribution < -0.4 is 5.73 Å². The number of rotatable bonds is 3. The third kappa shape index (κ3) is 3.35. The summed E-state index contributed by atoms with van der Waals surface area (Å²) in [6.45, 7) is 5.18. The van der Waals surface area contributed by atoms with Gasteiger partial charge in [-0.1, -0.05) is 43.3 Å². The van der Waals surface area contributed by atoms with E-state index in [1.54, 1.807) is 0 Å². The van der Waals surface area contributed by atoms with E-state index >= 15 is 0 Å². The van der Waals surface area contributed by atoms with Gasteiger partial charge >= 0.3 is 0 Å². The molecule has 1 atom stereocenters. The lowest BCUT2D eigenvalue weighted by atomic mass is 9.93. The van der Waals surface area contributed by atoms with Crippen LogP contribution in [0.3, 0.4) is 0 Å². The van der Waals surface area contributed by atoms with E-state index in [0.29, 0.717) is 13.1 Å². The van der Waals surface area contributed by atoms with E-state index < -0.39 is 5.92 Å². The number of amidine groups is 1. The first-order valence-electron chi connectivity index (χ1n) is 7.37. The number of hydrogen-bond donors (Lipinski definition) is 2. The highest BCUT2D eigenvalue weighted by atomic mass is 16.4. The van der Waals surface area contributed by atoms with Crippen molar-refractivity contribution in [2.45, 2.75) is 26.7 Å². The standard InChI is InChI=1S/C16H23N3O2/c1-11(2)14(15(17)18-21)16(20)19-9-7-12-5-3-4-6-13(12)8-10-19/h3-6,11,14,21H,7-10H2,1-2H3,(H2,17,18). The molecule has 1 unspecified atom stereocenters. The van der Waals surface area contributed by atoms with Gasteiger partial charge in [-0.25, -0.2) is 0 Å². The number of oxime groups is 1. The molecule has 0 radical (unpaired) electrons. The maximum atomic E-state index is 12.7. The molecule has 0 fully saturated rings. The van der Waals surface area contributed by atoms with Gasteiger partial charge in [0.2, 0.25) is 5.91 Å². The molecule has 1 amide bonds. The lowest BCUT2D eigenvalue weighted by Gasteiger charge is -2.27. The molecule has 0 aliphatic carbocycles. The van der Waals surface area contributed by atoms with Gasteiger partial charge in [0.25, 0.3) is 0 Å². The zero-order valence-corrected chi connectivity index (χ0v) is 12.6. The zero-order chi connectivity index (χ0) is 15.4. The Kier molecular flexibility index (Phi) is 4.83. The molecule has 2 rings (SSSR count). The Morgan fingerprint density at radius 2 is 1.76 bits per heavy atom. The van der Waals surface area contributed by atoms with E-state index in [1.807, 2.05) is 30.9 Å². The second-order valence-electron chi connectivity index (χ2n) is 5.84. The van der Waals surface area contributed by atoms with Crippen molar-refractivity contribution in [3.05, 3.63) is 35.4 Å². The Balaban J connectivity index is 2.14. The van der Waals surface area contributed by atoms with E-state index in [4.69, 9.17) is 10.9 Å². The van der Waals surface area contributed by atoms with Crippen LogP contribution in [-0.4, -0.2) is 34.9 Å². The third-order valence-corrected chi connectivity index (χ3v) is 4.10. The van der Waals surface area contributed by atoms with Crippen molar-refractivity contribution in [1.82, 2.24) is 4.90 Å². The SMILES string of the molecule is CC(C)C(C(=O)N1CCc2ccccc2CC1)C(N)=NO. The maximum absolute atomic E-state index is 12.7. The second kappa shape index (κ2) is 6.61. The van der Waals surface area contributed by atoms with Gasteiger partial charge in [0.05, 0.1) is 0 Å². The molecular weight excluding hydrogens is 266 g/mol. The van der Waals surface area contributed by atoms with Gasteiger partial charge in [-0.15, -0.1) is 0 Å².